The lowest BCUT2D eigenvalue weighted by atomic mass is 10.0. The summed E-state index contributed by atoms with van der Waals surface area (Å²) in [7, 11) is 0. The van der Waals surface area contributed by atoms with E-state index in [4.69, 9.17) is 4.42 Å². The third kappa shape index (κ3) is 1.88. The summed E-state index contributed by atoms with van der Waals surface area (Å²) in [4.78, 5) is 0. The average molecular weight is 314 g/mol. The van der Waals surface area contributed by atoms with Gasteiger partial charge in [0.15, 0.2) is 0 Å². The van der Waals surface area contributed by atoms with E-state index >= 15 is 0 Å². The van der Waals surface area contributed by atoms with Crippen molar-refractivity contribution in [1.29, 1.82) is 0 Å². The fourth-order valence-electron chi connectivity index (χ4n) is 3.15. The Labute approximate surface area is 138 Å². The highest BCUT2D eigenvalue weighted by Crippen LogP contribution is 2.37. The number of nitrogens with one attached hydrogen (secondary N) is 1. The van der Waals surface area contributed by atoms with E-state index in [0.717, 1.165) is 28.2 Å². The molecule has 116 valence electrons. The number of fused-ring (bicyclic) bond motifs is 4. The Morgan fingerprint density at radius 3 is 2.71 bits per heavy atom. The van der Waals surface area contributed by atoms with Gasteiger partial charge >= 0.3 is 0 Å². The first kappa shape index (κ1) is 13.1. The van der Waals surface area contributed by atoms with Crippen LogP contribution >= 0.6 is 0 Å². The normalized spacial score (nSPS) is 13.0. The minimum absolute atomic E-state index is 0.521. The summed E-state index contributed by atoms with van der Waals surface area (Å²) in [5, 5.41) is 12.9. The SMILES string of the molecule is Cc1nnc(C2=Cn3c(cc4ccccc43)Nc3ccccc32)o1. The van der Waals surface area contributed by atoms with Crippen molar-refractivity contribution in [3.8, 4) is 0 Å². The van der Waals surface area contributed by atoms with Crippen molar-refractivity contribution in [3.63, 3.8) is 0 Å². The Bertz CT molecular complexity index is 1100. The quantitative estimate of drug-likeness (QED) is 0.497. The van der Waals surface area contributed by atoms with Crippen molar-refractivity contribution >= 4 is 34.2 Å². The molecule has 0 bridgehead atoms. The van der Waals surface area contributed by atoms with Crippen LogP contribution in [-0.2, 0) is 0 Å². The van der Waals surface area contributed by atoms with Crippen LogP contribution in [0.1, 0.15) is 17.3 Å². The molecular formula is C19H14N4O. The second kappa shape index (κ2) is 4.83. The van der Waals surface area contributed by atoms with Gasteiger partial charge in [0.2, 0.25) is 11.8 Å². The first-order chi connectivity index (χ1) is 11.8. The number of hydrogen-bond donors (Lipinski definition) is 1. The Kier molecular flexibility index (Phi) is 2.64. The highest BCUT2D eigenvalue weighted by Gasteiger charge is 2.21. The third-order valence-electron chi connectivity index (χ3n) is 4.24. The molecule has 0 atom stereocenters. The average Bonchev–Trinajstić information content (AvgIpc) is 3.13. The smallest absolute Gasteiger partial charge is 0.249 e. The molecule has 0 radical (unpaired) electrons. The summed E-state index contributed by atoms with van der Waals surface area (Å²) in [6.07, 6.45) is 2.06. The van der Waals surface area contributed by atoms with Crippen molar-refractivity contribution in [1.82, 2.24) is 14.8 Å². The van der Waals surface area contributed by atoms with Crippen molar-refractivity contribution < 1.29 is 4.42 Å². The van der Waals surface area contributed by atoms with Gasteiger partial charge in [-0.05, 0) is 18.2 Å². The van der Waals surface area contributed by atoms with Crippen LogP contribution in [-0.4, -0.2) is 14.8 Å². The molecule has 1 N–H and O–H groups in total. The van der Waals surface area contributed by atoms with Gasteiger partial charge in [0.05, 0.1) is 11.1 Å². The van der Waals surface area contributed by atoms with Crippen molar-refractivity contribution in [2.45, 2.75) is 6.92 Å². The zero-order chi connectivity index (χ0) is 16.1. The molecule has 3 heterocycles. The zero-order valence-corrected chi connectivity index (χ0v) is 13.0. The molecular weight excluding hydrogens is 300 g/mol. The molecule has 0 amide bonds. The van der Waals surface area contributed by atoms with Gasteiger partial charge in [0, 0.05) is 29.8 Å². The Balaban J connectivity index is 1.85. The summed E-state index contributed by atoms with van der Waals surface area (Å²) < 4.78 is 7.84. The molecule has 0 unspecified atom stereocenters. The summed E-state index contributed by atoms with van der Waals surface area (Å²) in [6, 6.07) is 18.6. The second-order valence-electron chi connectivity index (χ2n) is 5.80. The number of aryl methyl sites for hydroxylation is 1. The van der Waals surface area contributed by atoms with E-state index in [2.05, 4.69) is 56.6 Å². The number of rotatable bonds is 1. The third-order valence-corrected chi connectivity index (χ3v) is 4.24. The fourth-order valence-corrected chi connectivity index (χ4v) is 3.15. The predicted molar refractivity (Wildman–Crippen MR) is 94.0 cm³/mol. The maximum absolute atomic E-state index is 5.71. The standard InChI is InChI=1S/C19H14N4O/c1-12-21-22-19(24-12)15-11-23-17-9-5-2-6-13(17)10-18(23)20-16-8-4-3-7-14(15)16/h2-11,20H,1H3. The van der Waals surface area contributed by atoms with Gasteiger partial charge < -0.3 is 14.3 Å². The number of hydrogen-bond acceptors (Lipinski definition) is 4. The maximum Gasteiger partial charge on any atom is 0.249 e. The minimum atomic E-state index is 0.521. The molecule has 1 aliphatic rings. The summed E-state index contributed by atoms with van der Waals surface area (Å²) in [5.74, 6) is 2.08. The molecule has 0 spiro atoms. The van der Waals surface area contributed by atoms with Crippen LogP contribution < -0.4 is 5.32 Å². The van der Waals surface area contributed by atoms with Crippen molar-refractivity contribution in [3.05, 3.63) is 71.9 Å². The number of benzene rings is 2. The van der Waals surface area contributed by atoms with Gasteiger partial charge in [-0.2, -0.15) is 0 Å². The summed E-state index contributed by atoms with van der Waals surface area (Å²) in [6.45, 7) is 1.80. The molecule has 0 saturated carbocycles. The maximum atomic E-state index is 5.71. The fraction of sp³-hybridized carbons (Fsp3) is 0.0526. The molecule has 0 fully saturated rings. The van der Waals surface area contributed by atoms with Gasteiger partial charge in [-0.25, -0.2) is 0 Å². The second-order valence-corrected chi connectivity index (χ2v) is 5.80. The lowest BCUT2D eigenvalue weighted by Crippen LogP contribution is -1.95. The minimum Gasteiger partial charge on any atom is -0.421 e. The molecule has 0 aliphatic carbocycles. The largest absolute Gasteiger partial charge is 0.421 e. The van der Waals surface area contributed by atoms with Crippen LogP contribution in [0.4, 0.5) is 11.5 Å². The topological polar surface area (TPSA) is 55.9 Å². The molecule has 24 heavy (non-hydrogen) atoms. The van der Waals surface area contributed by atoms with E-state index in [0.29, 0.717) is 11.8 Å². The zero-order valence-electron chi connectivity index (χ0n) is 13.0. The van der Waals surface area contributed by atoms with E-state index in [1.807, 2.05) is 24.3 Å². The number of aromatic nitrogens is 3. The van der Waals surface area contributed by atoms with E-state index < -0.39 is 0 Å². The molecule has 0 saturated heterocycles. The molecule has 4 aromatic rings. The molecule has 5 rings (SSSR count). The number of para-hydroxylation sites is 2. The monoisotopic (exact) mass is 314 g/mol. The molecule has 2 aromatic carbocycles. The Morgan fingerprint density at radius 1 is 1.00 bits per heavy atom. The van der Waals surface area contributed by atoms with Crippen LogP contribution in [0, 0.1) is 6.92 Å². The highest BCUT2D eigenvalue weighted by atomic mass is 16.4. The number of nitrogens with zero attached hydrogens (tertiary/aromatic N) is 3. The van der Waals surface area contributed by atoms with E-state index in [1.54, 1.807) is 6.92 Å². The highest BCUT2D eigenvalue weighted by molar-refractivity contribution is 5.98. The van der Waals surface area contributed by atoms with Crippen LogP contribution in [0.5, 0.6) is 0 Å². The first-order valence-corrected chi connectivity index (χ1v) is 7.78. The van der Waals surface area contributed by atoms with Gasteiger partial charge in [-0.3, -0.25) is 0 Å². The van der Waals surface area contributed by atoms with Crippen LogP contribution in [0.25, 0.3) is 22.7 Å². The van der Waals surface area contributed by atoms with Crippen molar-refractivity contribution in [2.24, 2.45) is 0 Å². The molecule has 5 nitrogen and oxygen atoms in total. The lowest BCUT2D eigenvalue weighted by molar-refractivity contribution is 0.507. The Hall–Kier alpha value is -3.34. The predicted octanol–water partition coefficient (Wildman–Crippen LogP) is 4.44. The number of anilines is 2. The van der Waals surface area contributed by atoms with Gasteiger partial charge in [-0.15, -0.1) is 10.2 Å². The van der Waals surface area contributed by atoms with E-state index in [-0.39, 0.29) is 0 Å². The molecule has 1 aliphatic heterocycles. The van der Waals surface area contributed by atoms with Gasteiger partial charge in [0.1, 0.15) is 5.82 Å². The Morgan fingerprint density at radius 2 is 1.83 bits per heavy atom. The lowest BCUT2D eigenvalue weighted by Gasteiger charge is -2.08. The van der Waals surface area contributed by atoms with Crippen LogP contribution in [0.2, 0.25) is 0 Å². The van der Waals surface area contributed by atoms with Crippen molar-refractivity contribution in [2.75, 3.05) is 5.32 Å². The molecule has 2 aromatic heterocycles. The molecule has 5 heteroatoms. The van der Waals surface area contributed by atoms with Crippen LogP contribution in [0.3, 0.4) is 0 Å². The van der Waals surface area contributed by atoms with E-state index in [1.165, 1.54) is 5.39 Å². The summed E-state index contributed by atoms with van der Waals surface area (Å²) >= 11 is 0. The van der Waals surface area contributed by atoms with Crippen LogP contribution in [0.15, 0.2) is 59.0 Å². The van der Waals surface area contributed by atoms with E-state index in [9.17, 15) is 0 Å². The summed E-state index contributed by atoms with van der Waals surface area (Å²) in [5.41, 5.74) is 4.08. The van der Waals surface area contributed by atoms with Gasteiger partial charge in [-0.1, -0.05) is 36.4 Å². The van der Waals surface area contributed by atoms with Gasteiger partial charge in [0.25, 0.3) is 0 Å². The first-order valence-electron chi connectivity index (χ1n) is 7.78.